The molecule has 0 aliphatic carbocycles. The molecule has 0 unspecified atom stereocenters. The van der Waals surface area contributed by atoms with Gasteiger partial charge in [-0.25, -0.2) is 4.39 Å². The number of fused-ring (bicyclic) bond motifs is 1. The molecular weight excluding hydrogens is 440 g/mol. The molecule has 8 heteroatoms. The number of aromatic nitrogens is 1. The lowest BCUT2D eigenvalue weighted by Gasteiger charge is -2.11. The number of aryl methyl sites for hydroxylation is 1. The van der Waals surface area contributed by atoms with E-state index in [9.17, 15) is 19.2 Å². The highest BCUT2D eigenvalue weighted by Gasteiger charge is 2.33. The number of Topliss-reactive ketones (excluding diaryl/α,β-unsaturated/α-hetero) is 1. The Morgan fingerprint density at radius 2 is 1.87 bits per heavy atom. The van der Waals surface area contributed by atoms with E-state index >= 15 is 0 Å². The number of hydrogen-bond acceptors (Lipinski definition) is 3. The zero-order valence-corrected chi connectivity index (χ0v) is 17.9. The third-order valence-electron chi connectivity index (χ3n) is 5.15. The fourth-order valence-corrected chi connectivity index (χ4v) is 4.34. The number of carbonyl (C=O) groups excluding carboxylic acids is 2. The second kappa shape index (κ2) is 7.69. The number of allylic oxidation sites excluding steroid dienone is 1. The minimum Gasteiger partial charge on any atom is -0.320 e. The van der Waals surface area contributed by atoms with E-state index in [2.05, 4.69) is 5.32 Å². The van der Waals surface area contributed by atoms with Crippen LogP contribution >= 0.6 is 23.2 Å². The molecule has 0 radical (unpaired) electrons. The van der Waals surface area contributed by atoms with Gasteiger partial charge in [0.15, 0.2) is 0 Å². The van der Waals surface area contributed by atoms with Gasteiger partial charge in [-0.3, -0.25) is 9.59 Å². The van der Waals surface area contributed by atoms with Crippen LogP contribution in [-0.4, -0.2) is 16.3 Å². The van der Waals surface area contributed by atoms with Crippen molar-refractivity contribution in [2.24, 2.45) is 0 Å². The van der Waals surface area contributed by atoms with Gasteiger partial charge in [-0.15, -0.1) is 0 Å². The second-order valence-corrected chi connectivity index (χ2v) is 7.87. The Morgan fingerprint density at radius 3 is 2.55 bits per heavy atom. The van der Waals surface area contributed by atoms with Crippen molar-refractivity contribution < 1.29 is 14.0 Å². The molecule has 0 fully saturated rings. The summed E-state index contributed by atoms with van der Waals surface area (Å²) in [6, 6.07) is 12.5. The Hall–Kier alpha value is -3.40. The average Bonchev–Trinajstić information content (AvgIpc) is 3.20. The lowest BCUT2D eigenvalue weighted by molar-refractivity contribution is -0.110. The van der Waals surface area contributed by atoms with Crippen molar-refractivity contribution in [3.8, 4) is 11.8 Å². The third-order valence-corrected chi connectivity index (χ3v) is 5.66. The fourth-order valence-electron chi connectivity index (χ4n) is 3.80. The van der Waals surface area contributed by atoms with Crippen molar-refractivity contribution in [2.75, 3.05) is 5.32 Å². The molecule has 0 saturated heterocycles. The smallest absolute Gasteiger partial charge is 0.257 e. The van der Waals surface area contributed by atoms with Crippen molar-refractivity contribution in [3.05, 3.63) is 86.4 Å². The molecule has 1 aliphatic heterocycles. The van der Waals surface area contributed by atoms with Crippen LogP contribution in [0.1, 0.15) is 27.3 Å². The van der Waals surface area contributed by atoms with Crippen LogP contribution in [0.25, 0.3) is 11.3 Å². The maximum absolute atomic E-state index is 14.4. The minimum atomic E-state index is -0.646. The quantitative estimate of drug-likeness (QED) is 0.316. The van der Waals surface area contributed by atoms with Gasteiger partial charge in [-0.05, 0) is 44.2 Å². The molecule has 1 aliphatic rings. The van der Waals surface area contributed by atoms with Crippen molar-refractivity contribution in [1.82, 2.24) is 4.57 Å². The van der Waals surface area contributed by atoms with Crippen LogP contribution in [0.15, 0.2) is 48.0 Å². The number of amides is 1. The molecule has 1 amide bonds. The standard InChI is InChI=1S/C23H14Cl2FN3O2/c1-11-7-14(12(2)29(11)19-6-4-3-5-18(19)26)22(30)16(10-27)20-15-8-13(24)9-17(25)21(15)28-23(20)31/h3-9H,1-2H3,(H,28,31). The van der Waals surface area contributed by atoms with Crippen LogP contribution in [-0.2, 0) is 4.79 Å². The van der Waals surface area contributed by atoms with Gasteiger partial charge in [0.2, 0.25) is 5.78 Å². The van der Waals surface area contributed by atoms with E-state index < -0.39 is 17.5 Å². The number of nitriles is 1. The maximum atomic E-state index is 14.4. The molecule has 0 bridgehead atoms. The topological polar surface area (TPSA) is 74.9 Å². The van der Waals surface area contributed by atoms with E-state index in [0.29, 0.717) is 17.1 Å². The molecule has 31 heavy (non-hydrogen) atoms. The SMILES string of the molecule is Cc1cc(C(=O)C(C#N)=C2C(=O)Nc3c(Cl)cc(Cl)cc32)c(C)n1-c1ccccc1F. The number of para-hydroxylation sites is 1. The van der Waals surface area contributed by atoms with Crippen molar-refractivity contribution in [2.45, 2.75) is 13.8 Å². The van der Waals surface area contributed by atoms with Crippen molar-refractivity contribution in [1.29, 1.82) is 5.26 Å². The third kappa shape index (κ3) is 3.32. The van der Waals surface area contributed by atoms with Gasteiger partial charge in [-0.2, -0.15) is 5.26 Å². The molecule has 0 spiro atoms. The first-order chi connectivity index (χ1) is 14.7. The fraction of sp³-hybridized carbons (Fsp3) is 0.0870. The molecule has 0 atom stereocenters. The highest BCUT2D eigenvalue weighted by molar-refractivity contribution is 6.44. The van der Waals surface area contributed by atoms with Crippen LogP contribution in [0.3, 0.4) is 0 Å². The van der Waals surface area contributed by atoms with Gasteiger partial charge in [-0.1, -0.05) is 35.3 Å². The number of ketones is 1. The number of benzene rings is 2. The molecule has 3 aromatic rings. The van der Waals surface area contributed by atoms with Crippen LogP contribution < -0.4 is 5.32 Å². The number of nitrogens with zero attached hydrogens (tertiary/aromatic N) is 2. The summed E-state index contributed by atoms with van der Waals surface area (Å²) in [6.07, 6.45) is 0. The van der Waals surface area contributed by atoms with Crippen LogP contribution in [0.2, 0.25) is 10.0 Å². The van der Waals surface area contributed by atoms with E-state index in [0.717, 1.165) is 0 Å². The summed E-state index contributed by atoms with van der Waals surface area (Å²) in [4.78, 5) is 26.0. The summed E-state index contributed by atoms with van der Waals surface area (Å²) < 4.78 is 16.0. The molecule has 1 N–H and O–H groups in total. The lowest BCUT2D eigenvalue weighted by Crippen LogP contribution is -2.12. The number of halogens is 3. The summed E-state index contributed by atoms with van der Waals surface area (Å²) in [5.74, 6) is -1.71. The zero-order chi connectivity index (χ0) is 22.4. The van der Waals surface area contributed by atoms with Gasteiger partial charge in [0, 0.05) is 27.5 Å². The van der Waals surface area contributed by atoms with E-state index in [1.165, 1.54) is 18.2 Å². The first-order valence-corrected chi connectivity index (χ1v) is 9.93. The lowest BCUT2D eigenvalue weighted by atomic mass is 9.95. The molecular formula is C23H14Cl2FN3O2. The monoisotopic (exact) mass is 453 g/mol. The first-order valence-electron chi connectivity index (χ1n) is 9.18. The Labute approximate surface area is 187 Å². The number of hydrogen-bond donors (Lipinski definition) is 1. The molecule has 5 nitrogen and oxygen atoms in total. The molecule has 4 rings (SSSR count). The Bertz CT molecular complexity index is 1370. The highest BCUT2D eigenvalue weighted by atomic mass is 35.5. The van der Waals surface area contributed by atoms with Crippen LogP contribution in [0, 0.1) is 31.0 Å². The number of rotatable bonds is 3. The first kappa shape index (κ1) is 20.9. The summed E-state index contributed by atoms with van der Waals surface area (Å²) in [7, 11) is 0. The van der Waals surface area contributed by atoms with E-state index in [1.54, 1.807) is 42.7 Å². The number of anilines is 1. The molecule has 0 saturated carbocycles. The van der Waals surface area contributed by atoms with E-state index in [-0.39, 0.29) is 38.0 Å². The summed E-state index contributed by atoms with van der Waals surface area (Å²) in [5.41, 5.74) is 1.67. The number of carbonyl (C=O) groups is 2. The zero-order valence-electron chi connectivity index (χ0n) is 16.4. The van der Waals surface area contributed by atoms with Gasteiger partial charge < -0.3 is 9.88 Å². The van der Waals surface area contributed by atoms with Gasteiger partial charge in [0.25, 0.3) is 5.91 Å². The minimum absolute atomic E-state index is 0.0948. The van der Waals surface area contributed by atoms with Gasteiger partial charge in [0.05, 0.1) is 22.0 Å². The predicted octanol–water partition coefficient (Wildman–Crippen LogP) is 5.65. The molecule has 2 heterocycles. The second-order valence-electron chi connectivity index (χ2n) is 7.03. The number of nitrogens with one attached hydrogen (secondary N) is 1. The van der Waals surface area contributed by atoms with Gasteiger partial charge >= 0.3 is 0 Å². The average molecular weight is 454 g/mol. The van der Waals surface area contributed by atoms with E-state index in [1.807, 2.05) is 6.07 Å². The van der Waals surface area contributed by atoms with Crippen molar-refractivity contribution >= 4 is 46.2 Å². The van der Waals surface area contributed by atoms with Crippen molar-refractivity contribution in [3.63, 3.8) is 0 Å². The Kier molecular flexibility index (Phi) is 5.18. The van der Waals surface area contributed by atoms with E-state index in [4.69, 9.17) is 23.2 Å². The molecule has 1 aromatic heterocycles. The highest BCUT2D eigenvalue weighted by Crippen LogP contribution is 2.41. The Balaban J connectivity index is 1.90. The summed E-state index contributed by atoms with van der Waals surface area (Å²) in [6.45, 7) is 3.38. The largest absolute Gasteiger partial charge is 0.320 e. The summed E-state index contributed by atoms with van der Waals surface area (Å²) >= 11 is 12.2. The van der Waals surface area contributed by atoms with Gasteiger partial charge in [0.1, 0.15) is 17.5 Å². The Morgan fingerprint density at radius 1 is 1.16 bits per heavy atom. The predicted molar refractivity (Wildman–Crippen MR) is 117 cm³/mol. The molecule has 154 valence electrons. The normalized spacial score (nSPS) is 14.1. The summed E-state index contributed by atoms with van der Waals surface area (Å²) in [5, 5.41) is 12.8. The maximum Gasteiger partial charge on any atom is 0.257 e. The van der Waals surface area contributed by atoms with Crippen LogP contribution in [0.4, 0.5) is 10.1 Å². The van der Waals surface area contributed by atoms with Crippen LogP contribution in [0.5, 0.6) is 0 Å². The molecule has 2 aromatic carbocycles.